The predicted octanol–water partition coefficient (Wildman–Crippen LogP) is 4.78. The lowest BCUT2D eigenvalue weighted by atomic mass is 9.87. The molecule has 0 aliphatic carbocycles. The Labute approximate surface area is 211 Å². The molecule has 4 aromatic rings. The third-order valence-corrected chi connectivity index (χ3v) is 6.93. The van der Waals surface area contributed by atoms with E-state index in [1.165, 1.54) is 24.3 Å². The number of carbonyl (C=O) groups excluding carboxylic acids is 1. The molecule has 34 heavy (non-hydrogen) atoms. The summed E-state index contributed by atoms with van der Waals surface area (Å²) < 4.78 is 30.1. The molecule has 2 unspecified atom stereocenters. The average Bonchev–Trinajstić information content (AvgIpc) is 3.39. The summed E-state index contributed by atoms with van der Waals surface area (Å²) in [5.74, 6) is -2.05. The van der Waals surface area contributed by atoms with Crippen LogP contribution in [0.2, 0.25) is 0 Å². The molecular formula is C23H20Br2F2N6O. The molecular weight excluding hydrogens is 574 g/mol. The Bertz CT molecular complexity index is 1200. The van der Waals surface area contributed by atoms with Crippen LogP contribution in [-0.2, 0) is 18.9 Å². The van der Waals surface area contributed by atoms with E-state index in [1.807, 2.05) is 0 Å². The van der Waals surface area contributed by atoms with Crippen molar-refractivity contribution in [3.63, 3.8) is 0 Å². The van der Waals surface area contributed by atoms with Crippen molar-refractivity contribution in [2.45, 2.75) is 11.8 Å². The molecule has 176 valence electrons. The second-order valence-corrected chi connectivity index (χ2v) is 9.02. The molecule has 2 aromatic carbocycles. The summed E-state index contributed by atoms with van der Waals surface area (Å²) in [6.45, 7) is 0. The first kappa shape index (κ1) is 24.3. The molecule has 0 aliphatic rings. The van der Waals surface area contributed by atoms with Gasteiger partial charge < -0.3 is 0 Å². The summed E-state index contributed by atoms with van der Waals surface area (Å²) in [6.07, 6.45) is 0. The molecule has 2 atom stereocenters. The fourth-order valence-electron chi connectivity index (χ4n) is 3.95. The lowest BCUT2D eigenvalue weighted by Gasteiger charge is -2.21. The van der Waals surface area contributed by atoms with Gasteiger partial charge in [0.05, 0.1) is 23.2 Å². The highest BCUT2D eigenvalue weighted by Gasteiger charge is 2.36. The molecule has 0 saturated carbocycles. The van der Waals surface area contributed by atoms with Crippen LogP contribution in [0.15, 0.2) is 48.5 Å². The third-order valence-electron chi connectivity index (χ3n) is 5.63. The highest BCUT2D eigenvalue weighted by Crippen LogP contribution is 2.36. The van der Waals surface area contributed by atoms with E-state index >= 15 is 0 Å². The summed E-state index contributed by atoms with van der Waals surface area (Å²) in [5, 5.41) is 17.4. The zero-order valence-electron chi connectivity index (χ0n) is 18.3. The van der Waals surface area contributed by atoms with Crippen LogP contribution in [0, 0.1) is 11.6 Å². The minimum atomic E-state index is -0.612. The number of halogens is 4. The van der Waals surface area contributed by atoms with Crippen LogP contribution in [0.1, 0.15) is 23.2 Å². The fraction of sp³-hybridized carbons (Fsp3) is 0.261. The van der Waals surface area contributed by atoms with Gasteiger partial charge in [-0.25, -0.2) is 8.78 Å². The largest absolute Gasteiger partial charge is 0.298 e. The lowest BCUT2D eigenvalue weighted by molar-refractivity contribution is -0.121. The smallest absolute Gasteiger partial charge is 0.152 e. The van der Waals surface area contributed by atoms with Gasteiger partial charge in [-0.15, -0.1) is 10.2 Å². The molecule has 0 N–H and O–H groups in total. The van der Waals surface area contributed by atoms with Crippen LogP contribution in [0.4, 0.5) is 8.78 Å². The van der Waals surface area contributed by atoms with Crippen molar-refractivity contribution < 1.29 is 13.6 Å². The number of ketones is 1. The number of nitrogens with zero attached hydrogens (tertiary/aromatic N) is 6. The van der Waals surface area contributed by atoms with Crippen molar-refractivity contribution in [3.8, 4) is 22.5 Å². The summed E-state index contributed by atoms with van der Waals surface area (Å²) in [7, 11) is 3.44. The van der Waals surface area contributed by atoms with Gasteiger partial charge in [0.2, 0.25) is 0 Å². The van der Waals surface area contributed by atoms with E-state index in [4.69, 9.17) is 0 Å². The molecule has 0 radical (unpaired) electrons. The minimum absolute atomic E-state index is 0.101. The minimum Gasteiger partial charge on any atom is -0.298 e. The quantitative estimate of drug-likeness (QED) is 0.275. The zero-order chi connectivity index (χ0) is 24.4. The van der Waals surface area contributed by atoms with E-state index in [2.05, 4.69) is 52.5 Å². The summed E-state index contributed by atoms with van der Waals surface area (Å²) in [6, 6.07) is 11.8. The SMILES string of the molecule is Cn1nnc(-c2ccc(F)cc2)c1C(CBr)C(=O)C(CBr)c1c(-c2ccc(F)cc2)nnn1C. The van der Waals surface area contributed by atoms with Crippen molar-refractivity contribution in [2.75, 3.05) is 10.7 Å². The highest BCUT2D eigenvalue weighted by molar-refractivity contribution is 9.09. The van der Waals surface area contributed by atoms with Crippen molar-refractivity contribution in [2.24, 2.45) is 14.1 Å². The monoisotopic (exact) mass is 592 g/mol. The number of hydrogen-bond acceptors (Lipinski definition) is 5. The first-order chi connectivity index (χ1) is 16.3. The summed E-state index contributed by atoms with van der Waals surface area (Å²) in [5.41, 5.74) is 3.56. The first-order valence-electron chi connectivity index (χ1n) is 10.3. The lowest BCUT2D eigenvalue weighted by Crippen LogP contribution is -2.27. The maximum absolute atomic E-state index is 14.0. The van der Waals surface area contributed by atoms with Crippen molar-refractivity contribution in [1.29, 1.82) is 0 Å². The van der Waals surface area contributed by atoms with Crippen LogP contribution in [0.25, 0.3) is 22.5 Å². The number of alkyl halides is 2. The van der Waals surface area contributed by atoms with Crippen molar-refractivity contribution >= 4 is 37.6 Å². The first-order valence-corrected chi connectivity index (χ1v) is 12.6. The van der Waals surface area contributed by atoms with E-state index in [0.717, 1.165) is 0 Å². The molecule has 2 heterocycles. The average molecular weight is 594 g/mol. The van der Waals surface area contributed by atoms with Gasteiger partial charge in [0, 0.05) is 35.9 Å². The van der Waals surface area contributed by atoms with Gasteiger partial charge in [0.15, 0.2) is 5.78 Å². The Hall–Kier alpha value is -2.79. The second-order valence-electron chi connectivity index (χ2n) is 7.72. The van der Waals surface area contributed by atoms with E-state index in [0.29, 0.717) is 44.6 Å². The van der Waals surface area contributed by atoms with Gasteiger partial charge in [0.25, 0.3) is 0 Å². The molecule has 4 rings (SSSR count). The van der Waals surface area contributed by atoms with E-state index in [-0.39, 0.29) is 17.4 Å². The van der Waals surface area contributed by atoms with Crippen LogP contribution in [0.5, 0.6) is 0 Å². The second kappa shape index (κ2) is 10.2. The van der Waals surface area contributed by atoms with Crippen LogP contribution >= 0.6 is 31.9 Å². The van der Waals surface area contributed by atoms with Gasteiger partial charge in [-0.2, -0.15) is 0 Å². The van der Waals surface area contributed by atoms with Gasteiger partial charge in [0.1, 0.15) is 23.0 Å². The summed E-state index contributed by atoms with van der Waals surface area (Å²) >= 11 is 6.99. The van der Waals surface area contributed by atoms with Crippen molar-refractivity contribution in [3.05, 3.63) is 71.6 Å². The van der Waals surface area contributed by atoms with Gasteiger partial charge in [-0.05, 0) is 48.5 Å². The third kappa shape index (κ3) is 4.58. The number of carbonyl (C=O) groups is 1. The van der Waals surface area contributed by atoms with E-state index < -0.39 is 11.8 Å². The number of Topliss-reactive ketones (excluding diaryl/α,β-unsaturated/α-hetero) is 1. The van der Waals surface area contributed by atoms with E-state index in [1.54, 1.807) is 47.7 Å². The Kier molecular flexibility index (Phi) is 7.32. The number of rotatable bonds is 8. The predicted molar refractivity (Wildman–Crippen MR) is 131 cm³/mol. The molecule has 0 saturated heterocycles. The Morgan fingerprint density at radius 3 is 1.44 bits per heavy atom. The fourth-order valence-corrected chi connectivity index (χ4v) is 5.20. The zero-order valence-corrected chi connectivity index (χ0v) is 21.5. The Morgan fingerprint density at radius 2 is 1.12 bits per heavy atom. The van der Waals surface area contributed by atoms with Gasteiger partial charge >= 0.3 is 0 Å². The van der Waals surface area contributed by atoms with Gasteiger partial charge in [-0.3, -0.25) is 14.2 Å². The molecule has 0 fully saturated rings. The number of aromatic nitrogens is 6. The Balaban J connectivity index is 1.77. The summed E-state index contributed by atoms with van der Waals surface area (Å²) in [4.78, 5) is 14.0. The number of hydrogen-bond donors (Lipinski definition) is 0. The van der Waals surface area contributed by atoms with Gasteiger partial charge in [-0.1, -0.05) is 42.3 Å². The standard InChI is InChI=1S/C23H20Br2F2N6O/c1-32-21(19(28-30-32)13-3-7-15(26)8-4-13)17(11-24)23(34)18(12-25)22-20(29-31-33(22)2)14-5-9-16(27)10-6-14/h3-10,17-18H,11-12H2,1-2H3. The number of aryl methyl sites for hydroxylation is 2. The van der Waals surface area contributed by atoms with Crippen LogP contribution < -0.4 is 0 Å². The molecule has 11 heteroatoms. The van der Waals surface area contributed by atoms with Crippen molar-refractivity contribution in [1.82, 2.24) is 30.0 Å². The molecule has 0 spiro atoms. The normalized spacial score (nSPS) is 13.1. The molecule has 0 bridgehead atoms. The molecule has 7 nitrogen and oxygen atoms in total. The maximum atomic E-state index is 14.0. The Morgan fingerprint density at radius 1 is 0.765 bits per heavy atom. The topological polar surface area (TPSA) is 78.5 Å². The molecule has 2 aromatic heterocycles. The van der Waals surface area contributed by atoms with Crippen LogP contribution in [0.3, 0.4) is 0 Å². The molecule has 0 amide bonds. The van der Waals surface area contributed by atoms with E-state index in [9.17, 15) is 13.6 Å². The van der Waals surface area contributed by atoms with Crippen LogP contribution in [-0.4, -0.2) is 46.4 Å². The molecule has 0 aliphatic heterocycles. The maximum Gasteiger partial charge on any atom is 0.152 e. The number of benzene rings is 2. The highest BCUT2D eigenvalue weighted by atomic mass is 79.9.